The van der Waals surface area contributed by atoms with Crippen LogP contribution in [0.15, 0.2) is 6.20 Å². The summed E-state index contributed by atoms with van der Waals surface area (Å²) in [6.07, 6.45) is 3.25. The van der Waals surface area contributed by atoms with E-state index in [2.05, 4.69) is 14.9 Å². The van der Waals surface area contributed by atoms with E-state index < -0.39 is 5.60 Å². The highest BCUT2D eigenvalue weighted by atomic mass is 35.5. The van der Waals surface area contributed by atoms with Crippen LogP contribution in [0.4, 0.5) is 5.82 Å². The molecule has 0 saturated carbocycles. The van der Waals surface area contributed by atoms with E-state index in [9.17, 15) is 5.11 Å². The number of aryl methyl sites for hydroxylation is 1. The molecule has 1 N–H and O–H groups in total. The number of piperidine rings is 1. The van der Waals surface area contributed by atoms with E-state index in [1.807, 2.05) is 13.8 Å². The van der Waals surface area contributed by atoms with Crippen molar-refractivity contribution in [2.75, 3.05) is 18.0 Å². The van der Waals surface area contributed by atoms with Crippen LogP contribution in [-0.4, -0.2) is 33.8 Å². The Morgan fingerprint density at radius 3 is 2.69 bits per heavy atom. The fourth-order valence-corrected chi connectivity index (χ4v) is 2.06. The summed E-state index contributed by atoms with van der Waals surface area (Å²) in [4.78, 5) is 10.3. The van der Waals surface area contributed by atoms with Crippen LogP contribution in [0.25, 0.3) is 0 Å². The Labute approximate surface area is 100 Å². The fourth-order valence-electron chi connectivity index (χ4n) is 1.93. The van der Waals surface area contributed by atoms with Crippen molar-refractivity contribution in [3.8, 4) is 0 Å². The van der Waals surface area contributed by atoms with Crippen molar-refractivity contribution in [3.63, 3.8) is 0 Å². The highest BCUT2D eigenvalue weighted by Crippen LogP contribution is 2.26. The topological polar surface area (TPSA) is 49.2 Å². The summed E-state index contributed by atoms with van der Waals surface area (Å²) in [5.41, 5.74) is 0.479. The molecule has 0 bridgehead atoms. The predicted octanol–water partition coefficient (Wildman–Crippen LogP) is 1.79. The third kappa shape index (κ3) is 2.44. The summed E-state index contributed by atoms with van der Waals surface area (Å²) in [6.45, 7) is 5.46. The Kier molecular flexibility index (Phi) is 3.04. The van der Waals surface area contributed by atoms with E-state index in [0.29, 0.717) is 0 Å². The largest absolute Gasteiger partial charge is 0.390 e. The van der Waals surface area contributed by atoms with Crippen LogP contribution >= 0.6 is 11.6 Å². The maximum atomic E-state index is 9.88. The molecule has 0 aromatic carbocycles. The van der Waals surface area contributed by atoms with Crippen molar-refractivity contribution in [1.29, 1.82) is 0 Å². The minimum Gasteiger partial charge on any atom is -0.390 e. The lowest BCUT2D eigenvalue weighted by molar-refractivity contribution is 0.0350. The van der Waals surface area contributed by atoms with Gasteiger partial charge in [0.05, 0.1) is 5.60 Å². The molecule has 5 heteroatoms. The molecule has 2 heterocycles. The second-order valence-corrected chi connectivity index (χ2v) is 4.97. The van der Waals surface area contributed by atoms with E-state index in [1.165, 1.54) is 0 Å². The average Bonchev–Trinajstić information content (AvgIpc) is 2.22. The summed E-state index contributed by atoms with van der Waals surface area (Å²) in [5, 5.41) is 10.2. The molecule has 88 valence electrons. The SMILES string of the molecule is Cc1cnc(Cl)nc1N1CCC(C)(O)CC1. The summed E-state index contributed by atoms with van der Waals surface area (Å²) >= 11 is 5.79. The maximum absolute atomic E-state index is 9.88. The van der Waals surface area contributed by atoms with E-state index in [1.54, 1.807) is 6.20 Å². The third-order valence-corrected chi connectivity index (χ3v) is 3.24. The molecular formula is C11H16ClN3O. The van der Waals surface area contributed by atoms with Gasteiger partial charge in [-0.2, -0.15) is 0 Å². The van der Waals surface area contributed by atoms with Gasteiger partial charge in [-0.25, -0.2) is 9.97 Å². The maximum Gasteiger partial charge on any atom is 0.224 e. The smallest absolute Gasteiger partial charge is 0.224 e. The minimum atomic E-state index is -0.540. The number of hydrogen-bond donors (Lipinski definition) is 1. The summed E-state index contributed by atoms with van der Waals surface area (Å²) < 4.78 is 0. The van der Waals surface area contributed by atoms with Gasteiger partial charge in [0.2, 0.25) is 5.28 Å². The Hall–Kier alpha value is -0.870. The van der Waals surface area contributed by atoms with E-state index in [4.69, 9.17) is 11.6 Å². The van der Waals surface area contributed by atoms with Gasteiger partial charge in [-0.15, -0.1) is 0 Å². The van der Waals surface area contributed by atoms with Crippen LogP contribution in [0.5, 0.6) is 0 Å². The molecule has 1 fully saturated rings. The molecule has 0 radical (unpaired) electrons. The Morgan fingerprint density at radius 1 is 1.44 bits per heavy atom. The van der Waals surface area contributed by atoms with Crippen molar-refractivity contribution in [2.45, 2.75) is 32.3 Å². The quantitative estimate of drug-likeness (QED) is 0.762. The van der Waals surface area contributed by atoms with Crippen molar-refractivity contribution >= 4 is 17.4 Å². The molecule has 1 saturated heterocycles. The van der Waals surface area contributed by atoms with Gasteiger partial charge in [-0.3, -0.25) is 0 Å². The molecular weight excluding hydrogens is 226 g/mol. The lowest BCUT2D eigenvalue weighted by atomic mass is 9.94. The summed E-state index contributed by atoms with van der Waals surface area (Å²) in [5.74, 6) is 0.885. The molecule has 0 unspecified atom stereocenters. The van der Waals surface area contributed by atoms with Gasteiger partial charge >= 0.3 is 0 Å². The minimum absolute atomic E-state index is 0.276. The van der Waals surface area contributed by atoms with Gasteiger partial charge in [0.25, 0.3) is 0 Å². The molecule has 1 aliphatic heterocycles. The van der Waals surface area contributed by atoms with Crippen molar-refractivity contribution in [1.82, 2.24) is 9.97 Å². The molecule has 16 heavy (non-hydrogen) atoms. The zero-order valence-electron chi connectivity index (χ0n) is 9.57. The zero-order chi connectivity index (χ0) is 11.8. The number of halogens is 1. The number of aromatic nitrogens is 2. The average molecular weight is 242 g/mol. The van der Waals surface area contributed by atoms with Crippen LogP contribution in [-0.2, 0) is 0 Å². The van der Waals surface area contributed by atoms with Crippen LogP contribution in [0.1, 0.15) is 25.3 Å². The fraction of sp³-hybridized carbons (Fsp3) is 0.636. The van der Waals surface area contributed by atoms with Gasteiger partial charge in [-0.1, -0.05) is 0 Å². The Balaban J connectivity index is 2.17. The summed E-state index contributed by atoms with van der Waals surface area (Å²) in [7, 11) is 0. The Morgan fingerprint density at radius 2 is 2.06 bits per heavy atom. The van der Waals surface area contributed by atoms with Crippen molar-refractivity contribution in [3.05, 3.63) is 17.0 Å². The highest BCUT2D eigenvalue weighted by Gasteiger charge is 2.28. The second-order valence-electron chi connectivity index (χ2n) is 4.63. The standard InChI is InChI=1S/C11H16ClN3O/c1-8-7-13-10(12)14-9(8)15-5-3-11(2,16)4-6-15/h7,16H,3-6H2,1-2H3. The van der Waals surface area contributed by atoms with Gasteiger partial charge in [0.1, 0.15) is 5.82 Å². The predicted molar refractivity (Wildman–Crippen MR) is 63.8 cm³/mol. The molecule has 2 rings (SSSR count). The first kappa shape index (κ1) is 11.6. The lowest BCUT2D eigenvalue weighted by Gasteiger charge is -2.36. The van der Waals surface area contributed by atoms with E-state index in [-0.39, 0.29) is 5.28 Å². The first-order valence-electron chi connectivity index (χ1n) is 5.44. The van der Waals surface area contributed by atoms with Crippen LogP contribution in [0.2, 0.25) is 5.28 Å². The first-order valence-corrected chi connectivity index (χ1v) is 5.82. The number of anilines is 1. The molecule has 4 nitrogen and oxygen atoms in total. The molecule has 1 aromatic rings. The summed E-state index contributed by atoms with van der Waals surface area (Å²) in [6, 6.07) is 0. The number of aliphatic hydroxyl groups is 1. The normalized spacial score (nSPS) is 19.9. The Bertz CT molecular complexity index is 385. The number of rotatable bonds is 1. The monoisotopic (exact) mass is 241 g/mol. The molecule has 1 aromatic heterocycles. The second kappa shape index (κ2) is 4.18. The molecule has 0 atom stereocenters. The van der Waals surface area contributed by atoms with Crippen LogP contribution < -0.4 is 4.90 Å². The van der Waals surface area contributed by atoms with Crippen molar-refractivity contribution in [2.24, 2.45) is 0 Å². The van der Waals surface area contributed by atoms with Gasteiger partial charge in [0, 0.05) is 24.8 Å². The highest BCUT2D eigenvalue weighted by molar-refractivity contribution is 6.28. The van der Waals surface area contributed by atoms with Crippen LogP contribution in [0, 0.1) is 6.92 Å². The number of nitrogens with zero attached hydrogens (tertiary/aromatic N) is 3. The first-order chi connectivity index (χ1) is 7.48. The lowest BCUT2D eigenvalue weighted by Crippen LogP contribution is -2.43. The van der Waals surface area contributed by atoms with Gasteiger partial charge < -0.3 is 10.0 Å². The van der Waals surface area contributed by atoms with Crippen molar-refractivity contribution < 1.29 is 5.11 Å². The molecule has 0 spiro atoms. The number of hydrogen-bond acceptors (Lipinski definition) is 4. The van der Waals surface area contributed by atoms with E-state index >= 15 is 0 Å². The zero-order valence-corrected chi connectivity index (χ0v) is 10.3. The third-order valence-electron chi connectivity index (χ3n) is 3.06. The van der Waals surface area contributed by atoms with Gasteiger partial charge in [0.15, 0.2) is 0 Å². The molecule has 1 aliphatic rings. The van der Waals surface area contributed by atoms with E-state index in [0.717, 1.165) is 37.3 Å². The van der Waals surface area contributed by atoms with Crippen LogP contribution in [0.3, 0.4) is 0 Å². The van der Waals surface area contributed by atoms with Gasteiger partial charge in [-0.05, 0) is 38.3 Å². The molecule has 0 aliphatic carbocycles. The molecule has 0 amide bonds.